The maximum absolute atomic E-state index is 11.2. The van der Waals surface area contributed by atoms with Crippen molar-refractivity contribution in [3.8, 4) is 0 Å². The molecule has 0 heterocycles. The number of ether oxygens (including phenoxy) is 1. The average molecular weight is 254 g/mol. The predicted octanol–water partition coefficient (Wildman–Crippen LogP) is 1.96. The van der Waals surface area contributed by atoms with Crippen molar-refractivity contribution >= 4 is 41.5 Å². The zero-order chi connectivity index (χ0) is 12.4. The van der Waals surface area contributed by atoms with Crippen LogP contribution in [-0.4, -0.2) is 53.2 Å². The summed E-state index contributed by atoms with van der Waals surface area (Å²) in [5.74, 6) is -0.957. The summed E-state index contributed by atoms with van der Waals surface area (Å²) in [5, 5.41) is 8.39. The molecule has 0 aromatic heterocycles. The van der Waals surface area contributed by atoms with Crippen molar-refractivity contribution in [3.05, 3.63) is 0 Å². The van der Waals surface area contributed by atoms with E-state index in [9.17, 15) is 9.59 Å². The van der Waals surface area contributed by atoms with Gasteiger partial charge in [-0.2, -0.15) is 0 Å². The molecule has 0 spiro atoms. The molecule has 1 N–H and O–H groups in total. The van der Waals surface area contributed by atoms with Crippen LogP contribution < -0.4 is 0 Å². The van der Waals surface area contributed by atoms with Crippen molar-refractivity contribution in [3.63, 3.8) is 0 Å². The Kier molecular flexibility index (Phi) is 14.1. The summed E-state index contributed by atoms with van der Waals surface area (Å²) in [6.45, 7) is 4.63. The van der Waals surface area contributed by atoms with E-state index in [4.69, 9.17) is 9.84 Å². The minimum atomic E-state index is -0.963. The molecule has 0 saturated heterocycles. The van der Waals surface area contributed by atoms with Gasteiger partial charge in [-0.15, -0.1) is 0 Å². The van der Waals surface area contributed by atoms with Gasteiger partial charge < -0.3 is 9.84 Å². The number of carboxylic acids is 1. The zero-order valence-corrected chi connectivity index (χ0v) is 10.2. The van der Waals surface area contributed by atoms with Crippen molar-refractivity contribution < 1.29 is 19.4 Å². The quantitative estimate of drug-likeness (QED) is 0.504. The van der Waals surface area contributed by atoms with Crippen LogP contribution in [0.3, 0.4) is 0 Å². The Labute approximate surface area is 125 Å². The second-order valence-corrected chi connectivity index (χ2v) is 3.99. The molecule has 4 nitrogen and oxygen atoms in total. The Balaban J connectivity index is 0. The van der Waals surface area contributed by atoms with E-state index in [1.807, 2.05) is 0 Å². The van der Waals surface area contributed by atoms with Gasteiger partial charge in [-0.3, -0.25) is 9.59 Å². The van der Waals surface area contributed by atoms with E-state index in [1.54, 1.807) is 0 Å². The molecule has 0 amide bonds. The van der Waals surface area contributed by atoms with Crippen LogP contribution in [0.15, 0.2) is 0 Å². The van der Waals surface area contributed by atoms with Gasteiger partial charge in [0.15, 0.2) is 0 Å². The number of aliphatic carboxylic acids is 1. The molecule has 0 aliphatic carbocycles. The van der Waals surface area contributed by atoms with Crippen LogP contribution in [0.5, 0.6) is 0 Å². The van der Waals surface area contributed by atoms with E-state index < -0.39 is 11.9 Å². The van der Waals surface area contributed by atoms with Crippen LogP contribution in [0.4, 0.5) is 0 Å². The second kappa shape index (κ2) is 12.4. The van der Waals surface area contributed by atoms with Gasteiger partial charge in [-0.1, -0.05) is 33.1 Å². The molecule has 1 unspecified atom stereocenters. The van der Waals surface area contributed by atoms with E-state index in [1.165, 1.54) is 0 Å². The minimum absolute atomic E-state index is 0. The summed E-state index contributed by atoms with van der Waals surface area (Å²) in [5.41, 5.74) is 0. The third-order valence-electron chi connectivity index (χ3n) is 2.57. The van der Waals surface area contributed by atoms with Gasteiger partial charge >= 0.3 is 41.5 Å². The first-order valence-electron chi connectivity index (χ1n) is 5.97. The van der Waals surface area contributed by atoms with Gasteiger partial charge in [0.2, 0.25) is 0 Å². The zero-order valence-electron chi connectivity index (χ0n) is 10.2. The Morgan fingerprint density at radius 3 is 2.35 bits per heavy atom. The van der Waals surface area contributed by atoms with Crippen molar-refractivity contribution in [2.75, 3.05) is 6.61 Å². The molecule has 0 fully saturated rings. The van der Waals surface area contributed by atoms with E-state index in [-0.39, 0.29) is 42.4 Å². The maximum atomic E-state index is 11.2. The molecular formula is C12H23NaO4. The molecule has 0 aromatic rings. The molecule has 0 aliphatic rings. The summed E-state index contributed by atoms with van der Waals surface area (Å²) < 4.78 is 5.04. The van der Waals surface area contributed by atoms with Crippen LogP contribution in [0.25, 0.3) is 0 Å². The average Bonchev–Trinajstić information content (AvgIpc) is 2.26. The Bertz CT molecular complexity index is 219. The molecule has 17 heavy (non-hydrogen) atoms. The van der Waals surface area contributed by atoms with Gasteiger partial charge in [-0.25, -0.2) is 0 Å². The van der Waals surface area contributed by atoms with Crippen LogP contribution in [0, 0.1) is 5.92 Å². The molecule has 0 saturated carbocycles. The molecule has 5 heteroatoms. The van der Waals surface area contributed by atoms with Crippen molar-refractivity contribution in [2.45, 2.75) is 52.4 Å². The molecule has 0 radical (unpaired) electrons. The standard InChI is InChI=1S/C12H22O4.Na.H/c1-3-5-6-10(4-2)9-16-12(15)8-7-11(13)14;;/h10H,3-9H2,1-2H3,(H,13,14);;. The number of hydrogen-bond acceptors (Lipinski definition) is 3. The number of rotatable bonds is 9. The molecule has 1 atom stereocenters. The molecule has 0 rings (SSSR count). The Morgan fingerprint density at radius 2 is 1.88 bits per heavy atom. The fourth-order valence-electron chi connectivity index (χ4n) is 1.39. The number of carbonyl (C=O) groups is 2. The first-order chi connectivity index (χ1) is 7.60. The van der Waals surface area contributed by atoms with Crippen molar-refractivity contribution in [1.82, 2.24) is 0 Å². The molecular weight excluding hydrogens is 231 g/mol. The topological polar surface area (TPSA) is 63.6 Å². The summed E-state index contributed by atoms with van der Waals surface area (Å²) >= 11 is 0. The summed E-state index contributed by atoms with van der Waals surface area (Å²) in [6.07, 6.45) is 4.17. The number of esters is 1. The summed E-state index contributed by atoms with van der Waals surface area (Å²) in [4.78, 5) is 21.4. The van der Waals surface area contributed by atoms with Crippen molar-refractivity contribution in [1.29, 1.82) is 0 Å². The number of unbranched alkanes of at least 4 members (excludes halogenated alkanes) is 1. The predicted molar refractivity (Wildman–Crippen MR) is 68.3 cm³/mol. The van der Waals surface area contributed by atoms with Crippen LogP contribution in [0.2, 0.25) is 0 Å². The van der Waals surface area contributed by atoms with E-state index in [0.29, 0.717) is 12.5 Å². The summed E-state index contributed by atoms with van der Waals surface area (Å²) in [6, 6.07) is 0. The monoisotopic (exact) mass is 254 g/mol. The third-order valence-corrected chi connectivity index (χ3v) is 2.57. The first-order valence-corrected chi connectivity index (χ1v) is 5.97. The molecule has 0 bridgehead atoms. The molecule has 0 aromatic carbocycles. The van der Waals surface area contributed by atoms with Crippen LogP contribution in [-0.2, 0) is 14.3 Å². The number of hydrogen-bond donors (Lipinski definition) is 1. The van der Waals surface area contributed by atoms with E-state index >= 15 is 0 Å². The summed E-state index contributed by atoms with van der Waals surface area (Å²) in [7, 11) is 0. The fraction of sp³-hybridized carbons (Fsp3) is 0.833. The van der Waals surface area contributed by atoms with Crippen LogP contribution in [0.1, 0.15) is 52.4 Å². The van der Waals surface area contributed by atoms with Gasteiger partial charge in [0, 0.05) is 0 Å². The number of carboxylic acid groups (broad SMARTS) is 1. The van der Waals surface area contributed by atoms with E-state index in [2.05, 4.69) is 13.8 Å². The molecule has 96 valence electrons. The normalized spacial score (nSPS) is 11.4. The van der Waals surface area contributed by atoms with Crippen molar-refractivity contribution in [2.24, 2.45) is 5.92 Å². The Morgan fingerprint density at radius 1 is 1.24 bits per heavy atom. The van der Waals surface area contributed by atoms with Gasteiger partial charge in [0.05, 0.1) is 19.4 Å². The fourth-order valence-corrected chi connectivity index (χ4v) is 1.39. The van der Waals surface area contributed by atoms with Gasteiger partial charge in [-0.05, 0) is 12.3 Å². The Hall–Kier alpha value is -0.0600. The van der Waals surface area contributed by atoms with Crippen LogP contribution >= 0.6 is 0 Å². The van der Waals surface area contributed by atoms with Gasteiger partial charge in [0.1, 0.15) is 0 Å². The second-order valence-electron chi connectivity index (χ2n) is 3.99. The van der Waals surface area contributed by atoms with Gasteiger partial charge in [0.25, 0.3) is 0 Å². The first kappa shape index (κ1) is 19.3. The molecule has 0 aliphatic heterocycles. The number of carbonyl (C=O) groups excluding carboxylic acids is 1. The van der Waals surface area contributed by atoms with E-state index in [0.717, 1.165) is 25.7 Å². The SMILES string of the molecule is CCCCC(CC)COC(=O)CCC(=O)O.[NaH]. The third kappa shape index (κ3) is 12.2.